The van der Waals surface area contributed by atoms with Crippen LogP contribution in [0.5, 0.6) is 0 Å². The Bertz CT molecular complexity index is 1610. The maximum atomic E-state index is 13.2. The Morgan fingerprint density at radius 3 is 2.10 bits per heavy atom. The SMILES string of the molecule is O=C(Nc1ccc(C(=O)/C=C/c2ccc(F)cc2)cc1)/C(=C/c1ccccc1[N+](=O)[O-])NC(=O)c1ccccc1. The van der Waals surface area contributed by atoms with E-state index in [0.717, 1.165) is 0 Å². The number of carbonyl (C=O) groups is 3. The van der Waals surface area contributed by atoms with Crippen LogP contribution in [0.3, 0.4) is 0 Å². The number of nitro benzene ring substituents is 1. The maximum Gasteiger partial charge on any atom is 0.276 e. The van der Waals surface area contributed by atoms with E-state index >= 15 is 0 Å². The van der Waals surface area contributed by atoms with Crippen molar-refractivity contribution in [2.24, 2.45) is 0 Å². The number of carbonyl (C=O) groups excluding carboxylic acids is 3. The minimum Gasteiger partial charge on any atom is -0.321 e. The van der Waals surface area contributed by atoms with Crippen molar-refractivity contribution >= 4 is 41.1 Å². The smallest absolute Gasteiger partial charge is 0.276 e. The molecule has 4 aromatic rings. The van der Waals surface area contributed by atoms with E-state index in [0.29, 0.717) is 22.4 Å². The lowest BCUT2D eigenvalue weighted by molar-refractivity contribution is -0.385. The number of amides is 2. The maximum absolute atomic E-state index is 13.2. The van der Waals surface area contributed by atoms with Crippen LogP contribution in [0.15, 0.2) is 115 Å². The summed E-state index contributed by atoms with van der Waals surface area (Å²) in [4.78, 5) is 49.4. The van der Waals surface area contributed by atoms with Crippen molar-refractivity contribution < 1.29 is 23.7 Å². The van der Waals surface area contributed by atoms with Crippen molar-refractivity contribution in [3.8, 4) is 0 Å². The predicted octanol–water partition coefficient (Wildman–Crippen LogP) is 6.04. The van der Waals surface area contributed by atoms with Gasteiger partial charge in [0, 0.05) is 22.9 Å². The minimum atomic E-state index is -0.724. The molecule has 4 aromatic carbocycles. The molecule has 2 amide bonds. The lowest BCUT2D eigenvalue weighted by Gasteiger charge is -2.12. The third-order valence-electron chi connectivity index (χ3n) is 5.69. The Kier molecular flexibility index (Phi) is 8.68. The van der Waals surface area contributed by atoms with E-state index in [2.05, 4.69) is 10.6 Å². The molecule has 0 fully saturated rings. The monoisotopic (exact) mass is 535 g/mol. The number of halogens is 1. The number of hydrogen-bond acceptors (Lipinski definition) is 5. The molecule has 0 aromatic heterocycles. The van der Waals surface area contributed by atoms with Crippen LogP contribution in [0.1, 0.15) is 31.8 Å². The summed E-state index contributed by atoms with van der Waals surface area (Å²) in [6, 6.07) is 25.8. The van der Waals surface area contributed by atoms with E-state index in [-0.39, 0.29) is 28.5 Å². The zero-order valence-electron chi connectivity index (χ0n) is 20.9. The summed E-state index contributed by atoms with van der Waals surface area (Å²) >= 11 is 0. The summed E-state index contributed by atoms with van der Waals surface area (Å²) in [6.07, 6.45) is 4.15. The van der Waals surface area contributed by atoms with Crippen molar-refractivity contribution in [1.29, 1.82) is 0 Å². The van der Waals surface area contributed by atoms with Crippen molar-refractivity contribution in [2.45, 2.75) is 0 Å². The highest BCUT2D eigenvalue weighted by Crippen LogP contribution is 2.21. The van der Waals surface area contributed by atoms with E-state index in [1.54, 1.807) is 54.6 Å². The lowest BCUT2D eigenvalue weighted by atomic mass is 10.1. The molecular weight excluding hydrogens is 513 g/mol. The van der Waals surface area contributed by atoms with Crippen LogP contribution in [0.2, 0.25) is 0 Å². The van der Waals surface area contributed by atoms with Crippen LogP contribution in [-0.4, -0.2) is 22.5 Å². The van der Waals surface area contributed by atoms with Gasteiger partial charge in [-0.25, -0.2) is 4.39 Å². The van der Waals surface area contributed by atoms with Gasteiger partial charge in [-0.15, -0.1) is 0 Å². The molecule has 0 aliphatic carbocycles. The first-order valence-corrected chi connectivity index (χ1v) is 12.0. The van der Waals surface area contributed by atoms with Gasteiger partial charge in [0.25, 0.3) is 17.5 Å². The third-order valence-corrected chi connectivity index (χ3v) is 5.69. The molecule has 0 unspecified atom stereocenters. The van der Waals surface area contributed by atoms with E-state index < -0.39 is 16.7 Å². The van der Waals surface area contributed by atoms with Crippen LogP contribution in [0.4, 0.5) is 15.8 Å². The number of nitrogens with one attached hydrogen (secondary N) is 2. The second-order valence-electron chi connectivity index (χ2n) is 8.47. The molecule has 0 spiro atoms. The molecule has 2 N–H and O–H groups in total. The van der Waals surface area contributed by atoms with Gasteiger partial charge in [0.15, 0.2) is 5.78 Å². The summed E-state index contributed by atoms with van der Waals surface area (Å²) in [5.74, 6) is -1.97. The van der Waals surface area contributed by atoms with Gasteiger partial charge in [-0.1, -0.05) is 48.5 Å². The molecule has 9 heteroatoms. The molecule has 0 saturated heterocycles. The van der Waals surface area contributed by atoms with E-state index in [1.165, 1.54) is 66.7 Å². The minimum absolute atomic E-state index is 0.125. The van der Waals surface area contributed by atoms with Gasteiger partial charge in [0.1, 0.15) is 11.5 Å². The molecule has 0 atom stereocenters. The normalized spacial score (nSPS) is 11.2. The number of allylic oxidation sites excluding steroid dienone is 1. The summed E-state index contributed by atoms with van der Waals surface area (Å²) in [6.45, 7) is 0. The fourth-order valence-corrected chi connectivity index (χ4v) is 3.63. The van der Waals surface area contributed by atoms with Gasteiger partial charge in [0.05, 0.1) is 10.5 Å². The summed E-state index contributed by atoms with van der Waals surface area (Å²) in [5.41, 5.74) is 1.30. The number of ketones is 1. The van der Waals surface area contributed by atoms with Crippen molar-refractivity contribution in [1.82, 2.24) is 5.32 Å². The first kappa shape index (κ1) is 27.3. The van der Waals surface area contributed by atoms with Gasteiger partial charge in [-0.2, -0.15) is 0 Å². The number of para-hydroxylation sites is 1. The quantitative estimate of drug-likeness (QED) is 0.117. The Balaban J connectivity index is 1.54. The van der Waals surface area contributed by atoms with Crippen LogP contribution < -0.4 is 10.6 Å². The average Bonchev–Trinajstić information content (AvgIpc) is 2.97. The van der Waals surface area contributed by atoms with Crippen LogP contribution in [-0.2, 0) is 4.79 Å². The first-order chi connectivity index (χ1) is 19.3. The van der Waals surface area contributed by atoms with E-state index in [4.69, 9.17) is 0 Å². The zero-order chi connectivity index (χ0) is 28.5. The van der Waals surface area contributed by atoms with Gasteiger partial charge in [-0.05, 0) is 72.3 Å². The topological polar surface area (TPSA) is 118 Å². The van der Waals surface area contributed by atoms with Crippen LogP contribution in [0, 0.1) is 15.9 Å². The molecule has 8 nitrogen and oxygen atoms in total. The van der Waals surface area contributed by atoms with Crippen molar-refractivity contribution in [3.63, 3.8) is 0 Å². The second kappa shape index (κ2) is 12.7. The Morgan fingerprint density at radius 1 is 0.775 bits per heavy atom. The van der Waals surface area contributed by atoms with Gasteiger partial charge >= 0.3 is 0 Å². The molecular formula is C31H22FN3O5. The third kappa shape index (κ3) is 7.20. The summed E-state index contributed by atoms with van der Waals surface area (Å²) < 4.78 is 13.1. The average molecular weight is 536 g/mol. The number of benzene rings is 4. The standard InChI is InChI=1S/C31H22FN3O5/c32-25-15-10-21(11-16-25)12-19-29(36)22-13-17-26(18-14-22)33-31(38)27(34-30(37)23-6-2-1-3-7-23)20-24-8-4-5-9-28(24)35(39)40/h1-20H,(H,33,38)(H,34,37)/b19-12+,27-20-. The molecule has 0 bridgehead atoms. The van der Waals surface area contributed by atoms with Crippen molar-refractivity contribution in [2.75, 3.05) is 5.32 Å². The van der Waals surface area contributed by atoms with Gasteiger partial charge < -0.3 is 10.6 Å². The first-order valence-electron chi connectivity index (χ1n) is 12.0. The van der Waals surface area contributed by atoms with Crippen LogP contribution >= 0.6 is 0 Å². The fourth-order valence-electron chi connectivity index (χ4n) is 3.63. The predicted molar refractivity (Wildman–Crippen MR) is 150 cm³/mol. The zero-order valence-corrected chi connectivity index (χ0v) is 20.9. The lowest BCUT2D eigenvalue weighted by Crippen LogP contribution is -2.30. The van der Waals surface area contributed by atoms with E-state index in [9.17, 15) is 28.9 Å². The summed E-state index contributed by atoms with van der Waals surface area (Å²) in [7, 11) is 0. The Hall–Kier alpha value is -5.70. The largest absolute Gasteiger partial charge is 0.321 e. The molecule has 4 rings (SSSR count). The molecule has 0 aliphatic heterocycles. The van der Waals surface area contributed by atoms with Crippen LogP contribution in [0.25, 0.3) is 12.2 Å². The second-order valence-corrected chi connectivity index (χ2v) is 8.47. The molecule has 0 aliphatic rings. The highest BCUT2D eigenvalue weighted by Gasteiger charge is 2.18. The van der Waals surface area contributed by atoms with Crippen molar-refractivity contribution in [3.05, 3.63) is 153 Å². The molecule has 40 heavy (non-hydrogen) atoms. The summed E-state index contributed by atoms with van der Waals surface area (Å²) in [5, 5.41) is 16.7. The Labute approximate surface area is 228 Å². The number of nitrogens with zero attached hydrogens (tertiary/aromatic N) is 1. The number of rotatable bonds is 9. The number of hydrogen-bond donors (Lipinski definition) is 2. The Morgan fingerprint density at radius 2 is 1.43 bits per heavy atom. The molecule has 0 radical (unpaired) electrons. The van der Waals surface area contributed by atoms with Gasteiger partial charge in [0.2, 0.25) is 0 Å². The fraction of sp³-hybridized carbons (Fsp3) is 0. The highest BCUT2D eigenvalue weighted by atomic mass is 19.1. The van der Waals surface area contributed by atoms with Gasteiger partial charge in [-0.3, -0.25) is 24.5 Å². The number of anilines is 1. The molecule has 0 heterocycles. The highest BCUT2D eigenvalue weighted by molar-refractivity contribution is 6.11. The number of nitro groups is 1. The van der Waals surface area contributed by atoms with E-state index in [1.807, 2.05) is 0 Å². The molecule has 198 valence electrons. The molecule has 0 saturated carbocycles.